The van der Waals surface area contributed by atoms with Gasteiger partial charge in [0.1, 0.15) is 0 Å². The van der Waals surface area contributed by atoms with E-state index in [0.717, 1.165) is 0 Å². The predicted molar refractivity (Wildman–Crippen MR) is 65.7 cm³/mol. The van der Waals surface area contributed by atoms with Crippen LogP contribution in [0.25, 0.3) is 0 Å². The second kappa shape index (κ2) is 12.9. The summed E-state index contributed by atoms with van der Waals surface area (Å²) in [5.41, 5.74) is 0. The molecule has 0 aromatic carbocycles. The summed E-state index contributed by atoms with van der Waals surface area (Å²) in [5.74, 6) is -2.78. The van der Waals surface area contributed by atoms with Crippen molar-refractivity contribution in [3.8, 4) is 0 Å². The molecule has 2 N–H and O–H groups in total. The van der Waals surface area contributed by atoms with Crippen LogP contribution in [0.2, 0.25) is 0 Å². The fraction of sp³-hybridized carbons (Fsp3) is 0.667. The van der Waals surface area contributed by atoms with Crippen LogP contribution in [0, 0.1) is 0 Å². The van der Waals surface area contributed by atoms with Gasteiger partial charge in [0.2, 0.25) is 0 Å². The molecule has 0 aromatic rings. The van der Waals surface area contributed by atoms with Gasteiger partial charge in [-0.05, 0) is 6.92 Å². The standard InChI is InChI=1S/C6H10O7S.3Na.3H/c1-2-13-5(7)3-4(6(8)9)14(10,11)12;;;;;;/h4H,2-3H2,1H3,(H,8,9)(H,10,11,12);;;;;;. The first kappa shape index (κ1) is 27.2. The number of carbonyl (C=O) groups excluding carboxylic acids is 1. The van der Waals surface area contributed by atoms with E-state index in [2.05, 4.69) is 4.74 Å². The second-order valence-electron chi connectivity index (χ2n) is 2.35. The zero-order chi connectivity index (χ0) is 11.4. The van der Waals surface area contributed by atoms with Gasteiger partial charge in [0.25, 0.3) is 10.1 Å². The molecule has 0 aromatic heterocycles. The van der Waals surface area contributed by atoms with Crippen LogP contribution in [0.4, 0.5) is 0 Å². The van der Waals surface area contributed by atoms with Gasteiger partial charge in [-0.25, -0.2) is 0 Å². The van der Waals surface area contributed by atoms with Crippen molar-refractivity contribution in [3.05, 3.63) is 0 Å². The van der Waals surface area contributed by atoms with Crippen LogP contribution < -0.4 is 0 Å². The fourth-order valence-electron chi connectivity index (χ4n) is 0.691. The maximum absolute atomic E-state index is 10.7. The number of carboxylic acids is 1. The van der Waals surface area contributed by atoms with Gasteiger partial charge in [-0.15, -0.1) is 0 Å². The van der Waals surface area contributed by atoms with E-state index in [4.69, 9.17) is 9.66 Å². The average Bonchev–Trinajstić information content (AvgIpc) is 1.98. The molecule has 0 radical (unpaired) electrons. The molecular formula is C6H13Na3O7S. The zero-order valence-electron chi connectivity index (χ0n) is 7.34. The third-order valence-corrected chi connectivity index (χ3v) is 2.38. The molecule has 0 amide bonds. The first-order valence-electron chi connectivity index (χ1n) is 3.63. The van der Waals surface area contributed by atoms with E-state index < -0.39 is 33.7 Å². The minimum absolute atomic E-state index is 0. The Morgan fingerprint density at radius 3 is 1.88 bits per heavy atom. The molecule has 0 aliphatic heterocycles. The second-order valence-corrected chi connectivity index (χ2v) is 3.95. The molecule has 1 unspecified atom stereocenters. The molecule has 11 heteroatoms. The molecule has 7 nitrogen and oxygen atoms in total. The summed E-state index contributed by atoms with van der Waals surface area (Å²) < 4.78 is 33.7. The van der Waals surface area contributed by atoms with Gasteiger partial charge in [0.15, 0.2) is 5.25 Å². The van der Waals surface area contributed by atoms with Crippen molar-refractivity contribution in [1.29, 1.82) is 0 Å². The van der Waals surface area contributed by atoms with Crippen molar-refractivity contribution in [2.75, 3.05) is 6.61 Å². The Hall–Kier alpha value is 1.85. The number of rotatable bonds is 5. The van der Waals surface area contributed by atoms with Crippen molar-refractivity contribution >= 4 is 111 Å². The molecule has 0 saturated carbocycles. The average molecular weight is 298 g/mol. The number of ether oxygens (including phenoxy) is 1. The monoisotopic (exact) mass is 298 g/mol. The van der Waals surface area contributed by atoms with Crippen LogP contribution >= 0.6 is 0 Å². The molecule has 0 spiro atoms. The van der Waals surface area contributed by atoms with E-state index in [9.17, 15) is 18.0 Å². The summed E-state index contributed by atoms with van der Waals surface area (Å²) in [6.45, 7) is 1.50. The van der Waals surface area contributed by atoms with Crippen LogP contribution in [-0.2, 0) is 24.4 Å². The van der Waals surface area contributed by atoms with Crippen molar-refractivity contribution in [2.24, 2.45) is 0 Å². The predicted octanol–water partition coefficient (Wildman–Crippen LogP) is -2.66. The zero-order valence-corrected chi connectivity index (χ0v) is 8.15. The fourth-order valence-corrected chi connectivity index (χ4v) is 1.29. The maximum atomic E-state index is 10.7. The van der Waals surface area contributed by atoms with Crippen LogP contribution in [0.3, 0.4) is 0 Å². The van der Waals surface area contributed by atoms with Crippen molar-refractivity contribution in [1.82, 2.24) is 0 Å². The SMILES string of the molecule is CCOC(=O)CC(C(=O)O)S(=O)(=O)O.[NaH].[NaH].[NaH]. The third-order valence-electron chi connectivity index (χ3n) is 1.29. The third kappa shape index (κ3) is 12.6. The molecule has 0 fully saturated rings. The van der Waals surface area contributed by atoms with Gasteiger partial charge in [-0.2, -0.15) is 8.42 Å². The van der Waals surface area contributed by atoms with E-state index in [1.54, 1.807) is 0 Å². The van der Waals surface area contributed by atoms with Crippen molar-refractivity contribution < 1.29 is 32.4 Å². The molecule has 0 heterocycles. The quantitative estimate of drug-likeness (QED) is 0.323. The van der Waals surface area contributed by atoms with Crippen LogP contribution in [-0.4, -0.2) is 131 Å². The summed E-state index contributed by atoms with van der Waals surface area (Å²) in [6, 6.07) is 0. The molecule has 0 rings (SSSR count). The molecule has 0 aliphatic carbocycles. The molecule has 0 bridgehead atoms. The Labute approximate surface area is 166 Å². The number of carbonyl (C=O) groups is 2. The van der Waals surface area contributed by atoms with Gasteiger partial charge >= 0.3 is 101 Å². The van der Waals surface area contributed by atoms with E-state index in [1.165, 1.54) is 6.92 Å². The Morgan fingerprint density at radius 2 is 1.65 bits per heavy atom. The summed E-state index contributed by atoms with van der Waals surface area (Å²) in [7, 11) is -4.78. The molecule has 88 valence electrons. The molecule has 0 aliphatic rings. The van der Waals surface area contributed by atoms with Gasteiger partial charge in [0.05, 0.1) is 13.0 Å². The Kier molecular flexibility index (Phi) is 20.6. The van der Waals surface area contributed by atoms with Gasteiger partial charge in [-0.3, -0.25) is 14.1 Å². The van der Waals surface area contributed by atoms with Crippen molar-refractivity contribution in [3.63, 3.8) is 0 Å². The van der Waals surface area contributed by atoms with Crippen molar-refractivity contribution in [2.45, 2.75) is 18.6 Å². The van der Waals surface area contributed by atoms with Gasteiger partial charge < -0.3 is 9.84 Å². The normalized spacial score (nSPS) is 10.9. The van der Waals surface area contributed by atoms with E-state index in [-0.39, 0.29) is 95.3 Å². The minimum atomic E-state index is -4.78. The van der Waals surface area contributed by atoms with Crippen LogP contribution in [0.15, 0.2) is 0 Å². The summed E-state index contributed by atoms with van der Waals surface area (Å²) in [6.07, 6.45) is -0.901. The topological polar surface area (TPSA) is 118 Å². The van der Waals surface area contributed by atoms with Crippen LogP contribution in [0.1, 0.15) is 13.3 Å². The first-order valence-corrected chi connectivity index (χ1v) is 5.14. The molecule has 1 atom stereocenters. The summed E-state index contributed by atoms with van der Waals surface area (Å²) >= 11 is 0. The number of hydrogen-bond acceptors (Lipinski definition) is 5. The van der Waals surface area contributed by atoms with Gasteiger partial charge in [0, 0.05) is 0 Å². The first-order chi connectivity index (χ1) is 6.29. The van der Waals surface area contributed by atoms with E-state index in [0.29, 0.717) is 0 Å². The van der Waals surface area contributed by atoms with E-state index >= 15 is 0 Å². The Balaban J connectivity index is -0.000000282. The Bertz CT molecular complexity index is 329. The van der Waals surface area contributed by atoms with Crippen LogP contribution in [0.5, 0.6) is 0 Å². The van der Waals surface area contributed by atoms with E-state index in [1.807, 2.05) is 0 Å². The Morgan fingerprint density at radius 1 is 1.24 bits per heavy atom. The number of carboxylic acid groups (broad SMARTS) is 1. The molecule has 17 heavy (non-hydrogen) atoms. The summed E-state index contributed by atoms with van der Waals surface area (Å²) in [4.78, 5) is 21.1. The number of aliphatic carboxylic acids is 1. The number of esters is 1. The molecule has 0 saturated heterocycles. The number of hydrogen-bond donors (Lipinski definition) is 2. The van der Waals surface area contributed by atoms with Gasteiger partial charge in [-0.1, -0.05) is 0 Å². The summed E-state index contributed by atoms with van der Waals surface area (Å²) in [5, 5.41) is 6.21. The molecular weight excluding hydrogens is 285 g/mol.